The van der Waals surface area contributed by atoms with Crippen LogP contribution in [0.3, 0.4) is 0 Å². The molecule has 0 saturated carbocycles. The molecule has 0 atom stereocenters. The quantitative estimate of drug-likeness (QED) is 0.774. The standard InChI is InChI=1S/C14H25N3O2S/c1-5-8-16-13(18)12-10(15)11(19-4)14(20-12)17(7-3)9-6-2/h5-9,15H2,1-4H3,(H,16,18). The fourth-order valence-electron chi connectivity index (χ4n) is 1.98. The minimum absolute atomic E-state index is 0.119. The van der Waals surface area contributed by atoms with E-state index in [1.54, 1.807) is 7.11 Å². The van der Waals surface area contributed by atoms with Crippen LogP contribution >= 0.6 is 11.3 Å². The second-order valence-electron chi connectivity index (χ2n) is 4.52. The molecule has 0 aromatic carbocycles. The highest BCUT2D eigenvalue weighted by Crippen LogP contribution is 2.44. The highest BCUT2D eigenvalue weighted by molar-refractivity contribution is 7.19. The number of thiophene rings is 1. The summed E-state index contributed by atoms with van der Waals surface area (Å²) in [6.07, 6.45) is 1.93. The highest BCUT2D eigenvalue weighted by atomic mass is 32.1. The lowest BCUT2D eigenvalue weighted by Crippen LogP contribution is -2.24. The van der Waals surface area contributed by atoms with Crippen molar-refractivity contribution in [3.05, 3.63) is 4.88 Å². The molecule has 0 unspecified atom stereocenters. The predicted octanol–water partition coefficient (Wildman–Crippen LogP) is 2.71. The number of ether oxygens (including phenoxy) is 1. The lowest BCUT2D eigenvalue weighted by Gasteiger charge is -2.21. The molecule has 0 spiro atoms. The van der Waals surface area contributed by atoms with Crippen LogP contribution in [0.4, 0.5) is 10.7 Å². The fraction of sp³-hybridized carbons (Fsp3) is 0.643. The van der Waals surface area contributed by atoms with Gasteiger partial charge in [-0.2, -0.15) is 0 Å². The van der Waals surface area contributed by atoms with Crippen molar-refractivity contribution < 1.29 is 9.53 Å². The van der Waals surface area contributed by atoms with Crippen molar-refractivity contribution >= 4 is 27.9 Å². The molecule has 6 heteroatoms. The summed E-state index contributed by atoms with van der Waals surface area (Å²) < 4.78 is 5.40. The average molecular weight is 299 g/mol. The Morgan fingerprint density at radius 2 is 2.05 bits per heavy atom. The summed E-state index contributed by atoms with van der Waals surface area (Å²) >= 11 is 1.41. The van der Waals surface area contributed by atoms with Gasteiger partial charge in [-0.3, -0.25) is 4.79 Å². The van der Waals surface area contributed by atoms with Gasteiger partial charge in [0.25, 0.3) is 5.91 Å². The van der Waals surface area contributed by atoms with E-state index >= 15 is 0 Å². The molecule has 1 aromatic rings. The summed E-state index contributed by atoms with van der Waals surface area (Å²) in [5.74, 6) is 0.499. The Hall–Kier alpha value is -1.43. The molecule has 1 rings (SSSR count). The first kappa shape index (κ1) is 16.6. The lowest BCUT2D eigenvalue weighted by molar-refractivity contribution is 0.0958. The average Bonchev–Trinajstić information content (AvgIpc) is 2.78. The summed E-state index contributed by atoms with van der Waals surface area (Å²) in [6, 6.07) is 0. The molecule has 0 aliphatic carbocycles. The van der Waals surface area contributed by atoms with Gasteiger partial charge in [-0.15, -0.1) is 11.3 Å². The number of carbonyl (C=O) groups is 1. The second-order valence-corrected chi connectivity index (χ2v) is 5.52. The number of carbonyl (C=O) groups excluding carboxylic acids is 1. The van der Waals surface area contributed by atoms with E-state index in [4.69, 9.17) is 10.5 Å². The number of nitrogens with zero attached hydrogens (tertiary/aromatic N) is 1. The highest BCUT2D eigenvalue weighted by Gasteiger charge is 2.24. The van der Waals surface area contributed by atoms with Crippen molar-refractivity contribution in [1.29, 1.82) is 0 Å². The maximum Gasteiger partial charge on any atom is 0.263 e. The molecule has 0 bridgehead atoms. The topological polar surface area (TPSA) is 67.6 Å². The van der Waals surface area contributed by atoms with Crippen molar-refractivity contribution in [2.75, 3.05) is 37.4 Å². The van der Waals surface area contributed by atoms with Gasteiger partial charge in [0.15, 0.2) is 5.75 Å². The van der Waals surface area contributed by atoms with Crippen LogP contribution in [0.1, 0.15) is 43.3 Å². The zero-order valence-corrected chi connectivity index (χ0v) is 13.6. The van der Waals surface area contributed by atoms with Gasteiger partial charge in [-0.1, -0.05) is 13.8 Å². The van der Waals surface area contributed by atoms with Gasteiger partial charge in [0.05, 0.1) is 7.11 Å². The van der Waals surface area contributed by atoms with Crippen LogP contribution in [-0.4, -0.2) is 32.7 Å². The maximum absolute atomic E-state index is 12.1. The molecule has 0 aliphatic rings. The van der Waals surface area contributed by atoms with E-state index in [0.29, 0.717) is 22.9 Å². The SMILES string of the molecule is CCCNC(=O)c1sc(N(CC)CCC)c(OC)c1N. The van der Waals surface area contributed by atoms with Crippen LogP contribution in [0.2, 0.25) is 0 Å². The molecule has 1 aromatic heterocycles. The zero-order chi connectivity index (χ0) is 15.1. The van der Waals surface area contributed by atoms with E-state index in [1.807, 2.05) is 6.92 Å². The van der Waals surface area contributed by atoms with Gasteiger partial charge in [0.2, 0.25) is 0 Å². The van der Waals surface area contributed by atoms with Crippen molar-refractivity contribution in [2.24, 2.45) is 0 Å². The van der Waals surface area contributed by atoms with E-state index in [2.05, 4.69) is 24.1 Å². The first-order valence-electron chi connectivity index (χ1n) is 7.09. The molecule has 0 radical (unpaired) electrons. The molecule has 0 saturated heterocycles. The number of nitrogens with two attached hydrogens (primary N) is 1. The number of nitrogens with one attached hydrogen (secondary N) is 1. The Labute approximate surface area is 125 Å². The van der Waals surface area contributed by atoms with Crippen LogP contribution in [0, 0.1) is 0 Å². The van der Waals surface area contributed by atoms with E-state index in [-0.39, 0.29) is 5.91 Å². The molecular weight excluding hydrogens is 274 g/mol. The molecular formula is C14H25N3O2S. The Morgan fingerprint density at radius 3 is 2.55 bits per heavy atom. The smallest absolute Gasteiger partial charge is 0.263 e. The number of hydrogen-bond acceptors (Lipinski definition) is 5. The molecule has 3 N–H and O–H groups in total. The Balaban J connectivity index is 3.10. The van der Waals surface area contributed by atoms with Crippen molar-refractivity contribution in [3.8, 4) is 5.75 Å². The molecule has 1 heterocycles. The second kappa shape index (κ2) is 7.99. The van der Waals surface area contributed by atoms with Gasteiger partial charge in [0, 0.05) is 19.6 Å². The van der Waals surface area contributed by atoms with E-state index in [0.717, 1.165) is 30.9 Å². The van der Waals surface area contributed by atoms with Gasteiger partial charge >= 0.3 is 0 Å². The minimum Gasteiger partial charge on any atom is -0.492 e. The van der Waals surface area contributed by atoms with Crippen LogP contribution in [0.15, 0.2) is 0 Å². The molecule has 1 amide bonds. The maximum atomic E-state index is 12.1. The van der Waals surface area contributed by atoms with E-state index in [1.165, 1.54) is 11.3 Å². The first-order chi connectivity index (χ1) is 9.60. The fourth-order valence-corrected chi connectivity index (χ4v) is 3.18. The van der Waals surface area contributed by atoms with Crippen LogP contribution in [0.25, 0.3) is 0 Å². The van der Waals surface area contributed by atoms with Gasteiger partial charge in [-0.25, -0.2) is 0 Å². The third kappa shape index (κ3) is 3.56. The van der Waals surface area contributed by atoms with Crippen molar-refractivity contribution in [2.45, 2.75) is 33.6 Å². The van der Waals surface area contributed by atoms with E-state index < -0.39 is 0 Å². The van der Waals surface area contributed by atoms with E-state index in [9.17, 15) is 4.79 Å². The van der Waals surface area contributed by atoms with Crippen molar-refractivity contribution in [1.82, 2.24) is 5.32 Å². The van der Waals surface area contributed by atoms with Gasteiger partial charge in [-0.05, 0) is 19.8 Å². The molecule has 20 heavy (non-hydrogen) atoms. The number of methoxy groups -OCH3 is 1. The summed E-state index contributed by atoms with van der Waals surface area (Å²) in [6.45, 7) is 8.66. The number of anilines is 2. The number of amides is 1. The number of rotatable bonds is 8. The number of hydrogen-bond donors (Lipinski definition) is 2. The number of nitrogen functional groups attached to an aromatic ring is 1. The first-order valence-corrected chi connectivity index (χ1v) is 7.91. The Kier molecular flexibility index (Phi) is 6.64. The summed E-state index contributed by atoms with van der Waals surface area (Å²) in [7, 11) is 1.59. The predicted molar refractivity (Wildman–Crippen MR) is 86.1 cm³/mol. The monoisotopic (exact) mass is 299 g/mol. The lowest BCUT2D eigenvalue weighted by atomic mass is 10.3. The van der Waals surface area contributed by atoms with Gasteiger partial charge in [0.1, 0.15) is 15.6 Å². The normalized spacial score (nSPS) is 10.4. The Morgan fingerprint density at radius 1 is 1.35 bits per heavy atom. The van der Waals surface area contributed by atoms with Crippen LogP contribution in [0.5, 0.6) is 5.75 Å². The van der Waals surface area contributed by atoms with Crippen LogP contribution < -0.4 is 20.7 Å². The largest absolute Gasteiger partial charge is 0.492 e. The van der Waals surface area contributed by atoms with Crippen molar-refractivity contribution in [3.63, 3.8) is 0 Å². The molecule has 114 valence electrons. The van der Waals surface area contributed by atoms with Crippen LogP contribution in [-0.2, 0) is 0 Å². The molecule has 0 fully saturated rings. The third-order valence-electron chi connectivity index (χ3n) is 2.99. The van der Waals surface area contributed by atoms with Gasteiger partial charge < -0.3 is 20.7 Å². The summed E-state index contributed by atoms with van der Waals surface area (Å²) in [5, 5.41) is 3.80. The molecule has 0 aliphatic heterocycles. The summed E-state index contributed by atoms with van der Waals surface area (Å²) in [4.78, 5) is 14.9. The Bertz CT molecular complexity index is 446. The zero-order valence-electron chi connectivity index (χ0n) is 12.8. The molecule has 5 nitrogen and oxygen atoms in total. The third-order valence-corrected chi connectivity index (χ3v) is 4.24. The minimum atomic E-state index is -0.119. The summed E-state index contributed by atoms with van der Waals surface area (Å²) in [5.41, 5.74) is 6.51.